The lowest BCUT2D eigenvalue weighted by molar-refractivity contribution is -0.118. The summed E-state index contributed by atoms with van der Waals surface area (Å²) in [4.78, 5) is 13.3. The van der Waals surface area contributed by atoms with Crippen molar-refractivity contribution >= 4 is 51.2 Å². The van der Waals surface area contributed by atoms with Gasteiger partial charge in [0.2, 0.25) is 0 Å². The first-order chi connectivity index (χ1) is 15.1. The van der Waals surface area contributed by atoms with Crippen molar-refractivity contribution in [3.05, 3.63) is 50.6 Å². The number of rotatable bonds is 7. The number of benzene rings is 1. The third kappa shape index (κ3) is 5.84. The minimum Gasteiger partial charge on any atom is -0.299 e. The van der Waals surface area contributed by atoms with Gasteiger partial charge in [0.1, 0.15) is 0 Å². The molecule has 3 aromatic rings. The lowest BCUT2D eigenvalue weighted by Gasteiger charge is -2.25. The summed E-state index contributed by atoms with van der Waals surface area (Å²) < 4.78 is 3.27. The summed E-state index contributed by atoms with van der Waals surface area (Å²) in [6, 6.07) is 12.7. The molecule has 4 rings (SSSR count). The van der Waals surface area contributed by atoms with E-state index in [-0.39, 0.29) is 11.7 Å². The molecule has 1 aliphatic rings. The molecular weight excluding hydrogens is 494 g/mol. The van der Waals surface area contributed by atoms with E-state index in [0.29, 0.717) is 6.04 Å². The topological polar surface area (TPSA) is 72.2 Å². The number of nitrogens with zero attached hydrogens (tertiary/aromatic N) is 4. The number of hydrazone groups is 1. The smallest absolute Gasteiger partial charge is 0.250 e. The quantitative estimate of drug-likeness (QED) is 0.243. The molecule has 31 heavy (non-hydrogen) atoms. The molecule has 0 atom stereocenters. The molecule has 1 amide bonds. The first kappa shape index (κ1) is 22.2. The molecule has 0 radical (unpaired) electrons. The van der Waals surface area contributed by atoms with Crippen LogP contribution in [-0.4, -0.2) is 32.6 Å². The van der Waals surface area contributed by atoms with E-state index in [4.69, 9.17) is 0 Å². The highest BCUT2D eigenvalue weighted by Crippen LogP contribution is 2.35. The van der Waals surface area contributed by atoms with Crippen LogP contribution >= 0.6 is 39.0 Å². The maximum atomic E-state index is 12.3. The van der Waals surface area contributed by atoms with E-state index in [2.05, 4.69) is 72.4 Å². The molecule has 1 aromatic carbocycles. The summed E-state index contributed by atoms with van der Waals surface area (Å²) in [6.07, 6.45) is 7.61. The molecule has 0 unspecified atom stereocenters. The maximum absolute atomic E-state index is 12.3. The number of hydrogen-bond donors (Lipinski definition) is 1. The zero-order valence-corrected chi connectivity index (χ0v) is 20.5. The molecule has 0 saturated heterocycles. The molecule has 0 aliphatic heterocycles. The van der Waals surface area contributed by atoms with Gasteiger partial charge in [0.15, 0.2) is 11.0 Å². The van der Waals surface area contributed by atoms with Gasteiger partial charge in [-0.3, -0.25) is 9.36 Å². The number of halogens is 1. The average molecular weight is 519 g/mol. The Hall–Kier alpha value is -1.97. The van der Waals surface area contributed by atoms with E-state index in [9.17, 15) is 4.79 Å². The number of nitrogens with one attached hydrogen (secondary N) is 1. The number of thiophene rings is 1. The van der Waals surface area contributed by atoms with E-state index in [1.807, 2.05) is 12.1 Å². The van der Waals surface area contributed by atoms with Crippen LogP contribution in [0.5, 0.6) is 0 Å². The fraction of sp³-hybridized carbons (Fsp3) is 0.364. The average Bonchev–Trinajstić information content (AvgIpc) is 3.39. The Morgan fingerprint density at radius 2 is 2.00 bits per heavy atom. The second-order valence-corrected chi connectivity index (χ2v) is 11.0. The van der Waals surface area contributed by atoms with Crippen molar-refractivity contribution in [3.8, 4) is 11.4 Å². The summed E-state index contributed by atoms with van der Waals surface area (Å²) in [5.74, 6) is 0.965. The predicted octanol–water partition coefficient (Wildman–Crippen LogP) is 5.83. The maximum Gasteiger partial charge on any atom is 0.250 e. The Morgan fingerprint density at radius 1 is 1.23 bits per heavy atom. The molecule has 2 heterocycles. The van der Waals surface area contributed by atoms with Crippen molar-refractivity contribution in [2.45, 2.75) is 50.2 Å². The highest BCUT2D eigenvalue weighted by Gasteiger charge is 2.24. The second kappa shape index (κ2) is 10.6. The standard InChI is InChI=1S/C22H24BrN5OS2/c1-15-7-9-16(10-8-15)21-26-27-22(28(21)17-5-3-2-4-6-17)30-14-20(29)25-24-13-18-11-12-19(23)31-18/h7-13,17H,2-6,14H2,1H3,(H,25,29)/b24-13-. The zero-order chi connectivity index (χ0) is 21.6. The van der Waals surface area contributed by atoms with Crippen molar-refractivity contribution in [1.29, 1.82) is 0 Å². The molecule has 6 nitrogen and oxygen atoms in total. The third-order valence-corrected chi connectivity index (χ3v) is 7.72. The number of carbonyl (C=O) groups excluding carboxylic acids is 1. The normalized spacial score (nSPS) is 14.9. The highest BCUT2D eigenvalue weighted by molar-refractivity contribution is 9.11. The van der Waals surface area contributed by atoms with Crippen LogP contribution in [-0.2, 0) is 4.79 Å². The van der Waals surface area contributed by atoms with E-state index < -0.39 is 0 Å². The van der Waals surface area contributed by atoms with Gasteiger partial charge in [-0.2, -0.15) is 5.10 Å². The molecule has 1 fully saturated rings. The van der Waals surface area contributed by atoms with Crippen molar-refractivity contribution < 1.29 is 4.79 Å². The summed E-state index contributed by atoms with van der Waals surface area (Å²) in [7, 11) is 0. The van der Waals surface area contributed by atoms with Crippen molar-refractivity contribution in [1.82, 2.24) is 20.2 Å². The minimum atomic E-state index is -0.160. The van der Waals surface area contributed by atoms with Crippen LogP contribution in [0.15, 0.2) is 50.4 Å². The lowest BCUT2D eigenvalue weighted by Crippen LogP contribution is -2.20. The van der Waals surface area contributed by atoms with Crippen LogP contribution in [0.25, 0.3) is 11.4 Å². The largest absolute Gasteiger partial charge is 0.299 e. The fourth-order valence-corrected chi connectivity index (χ4v) is 5.76. The van der Waals surface area contributed by atoms with Gasteiger partial charge < -0.3 is 0 Å². The van der Waals surface area contributed by atoms with Gasteiger partial charge in [-0.05, 0) is 47.8 Å². The summed E-state index contributed by atoms with van der Waals surface area (Å²) in [5.41, 5.74) is 4.88. The Morgan fingerprint density at radius 3 is 2.71 bits per heavy atom. The van der Waals surface area contributed by atoms with Crippen LogP contribution in [0.4, 0.5) is 0 Å². The first-order valence-electron chi connectivity index (χ1n) is 10.3. The number of aromatic nitrogens is 3. The van der Waals surface area contributed by atoms with Gasteiger partial charge in [0.25, 0.3) is 5.91 Å². The fourth-order valence-electron chi connectivity index (χ4n) is 3.67. The number of thioether (sulfide) groups is 1. The van der Waals surface area contributed by atoms with Crippen LogP contribution in [0.1, 0.15) is 48.6 Å². The van der Waals surface area contributed by atoms with Gasteiger partial charge in [-0.15, -0.1) is 21.5 Å². The van der Waals surface area contributed by atoms with Crippen molar-refractivity contribution in [3.63, 3.8) is 0 Å². The van der Waals surface area contributed by atoms with Gasteiger partial charge in [0, 0.05) is 16.5 Å². The molecule has 0 bridgehead atoms. The minimum absolute atomic E-state index is 0.160. The van der Waals surface area contributed by atoms with Gasteiger partial charge in [-0.25, -0.2) is 5.43 Å². The lowest BCUT2D eigenvalue weighted by atomic mass is 9.95. The van der Waals surface area contributed by atoms with Crippen LogP contribution < -0.4 is 5.43 Å². The Kier molecular flexibility index (Phi) is 7.58. The molecule has 1 saturated carbocycles. The SMILES string of the molecule is Cc1ccc(-c2nnc(SCC(=O)N/N=C\c3ccc(Br)s3)n2C2CCCCC2)cc1. The molecule has 0 spiro atoms. The molecule has 9 heteroatoms. The summed E-state index contributed by atoms with van der Waals surface area (Å²) >= 11 is 6.39. The number of carbonyl (C=O) groups is 1. The number of aryl methyl sites for hydroxylation is 1. The molecule has 162 valence electrons. The highest BCUT2D eigenvalue weighted by atomic mass is 79.9. The van der Waals surface area contributed by atoms with E-state index >= 15 is 0 Å². The molecule has 2 aromatic heterocycles. The molecular formula is C22H24BrN5OS2. The predicted molar refractivity (Wildman–Crippen MR) is 131 cm³/mol. The van der Waals surface area contributed by atoms with Gasteiger partial charge >= 0.3 is 0 Å². The molecule has 1 aliphatic carbocycles. The summed E-state index contributed by atoms with van der Waals surface area (Å²) in [5, 5.41) is 13.8. The first-order valence-corrected chi connectivity index (χ1v) is 12.9. The second-order valence-electron chi connectivity index (χ2n) is 7.56. The van der Waals surface area contributed by atoms with Crippen LogP contribution in [0.2, 0.25) is 0 Å². The third-order valence-electron chi connectivity index (χ3n) is 5.22. The monoisotopic (exact) mass is 517 g/mol. The number of hydrogen-bond acceptors (Lipinski definition) is 6. The molecule has 1 N–H and O–H groups in total. The van der Waals surface area contributed by atoms with Crippen LogP contribution in [0.3, 0.4) is 0 Å². The van der Waals surface area contributed by atoms with Gasteiger partial charge in [-0.1, -0.05) is 60.9 Å². The Balaban J connectivity index is 1.46. The summed E-state index contributed by atoms with van der Waals surface area (Å²) in [6.45, 7) is 2.08. The van der Waals surface area contributed by atoms with Gasteiger partial charge in [0.05, 0.1) is 15.8 Å². The Labute approximate surface area is 198 Å². The van der Waals surface area contributed by atoms with E-state index in [1.54, 1.807) is 17.6 Å². The van der Waals surface area contributed by atoms with Crippen molar-refractivity contribution in [2.75, 3.05) is 5.75 Å². The Bertz CT molecular complexity index is 1050. The van der Waals surface area contributed by atoms with Crippen LogP contribution in [0, 0.1) is 6.92 Å². The van der Waals surface area contributed by atoms with E-state index in [1.165, 1.54) is 36.6 Å². The van der Waals surface area contributed by atoms with Crippen molar-refractivity contribution in [2.24, 2.45) is 5.10 Å². The number of amides is 1. The zero-order valence-electron chi connectivity index (χ0n) is 17.3. The van der Waals surface area contributed by atoms with E-state index in [0.717, 1.165) is 38.0 Å².